The second kappa shape index (κ2) is 8.78. The minimum atomic E-state index is -0.0392. The number of piperazine rings is 1. The van der Waals surface area contributed by atoms with Crippen molar-refractivity contribution < 1.29 is 4.79 Å². The van der Waals surface area contributed by atoms with Crippen molar-refractivity contribution in [2.24, 2.45) is 0 Å². The van der Waals surface area contributed by atoms with E-state index in [1.54, 1.807) is 16.8 Å². The first-order chi connectivity index (χ1) is 16.0. The number of amides is 1. The molecule has 8 nitrogen and oxygen atoms in total. The Kier molecular flexibility index (Phi) is 5.68. The molecule has 33 heavy (non-hydrogen) atoms. The van der Waals surface area contributed by atoms with E-state index in [9.17, 15) is 4.79 Å². The van der Waals surface area contributed by atoms with Gasteiger partial charge in [-0.2, -0.15) is 10.2 Å². The van der Waals surface area contributed by atoms with Gasteiger partial charge < -0.3 is 4.90 Å². The Hall–Kier alpha value is -3.52. The summed E-state index contributed by atoms with van der Waals surface area (Å²) in [7, 11) is 0. The fourth-order valence-electron chi connectivity index (χ4n) is 4.56. The van der Waals surface area contributed by atoms with E-state index in [4.69, 9.17) is 0 Å². The molecule has 0 saturated carbocycles. The molecule has 4 heterocycles. The predicted octanol–water partition coefficient (Wildman–Crippen LogP) is 3.19. The Balaban J connectivity index is 1.32. The van der Waals surface area contributed by atoms with Crippen LogP contribution in [-0.2, 0) is 13.1 Å². The molecule has 0 N–H and O–H groups in total. The third-order valence-electron chi connectivity index (χ3n) is 6.40. The lowest BCUT2D eigenvalue weighted by atomic mass is 10.1. The van der Waals surface area contributed by atoms with Gasteiger partial charge in [-0.05, 0) is 32.4 Å². The van der Waals surface area contributed by atoms with Gasteiger partial charge in [-0.1, -0.05) is 29.8 Å². The summed E-state index contributed by atoms with van der Waals surface area (Å²) in [6.07, 6.45) is 3.61. The molecule has 1 aromatic carbocycles. The molecule has 1 aliphatic heterocycles. The van der Waals surface area contributed by atoms with E-state index in [-0.39, 0.29) is 5.91 Å². The standard InChI is InChI=1S/C25H29N7O/c1-4-31-19(3)21(16-27-31)23-8-9-26-24-15-22(28-32(23)24)25(33)30-12-10-29(11-13-30)17-20-7-5-6-18(2)14-20/h5-9,14-16H,4,10-13,17H2,1-3H3. The van der Waals surface area contributed by atoms with Crippen LogP contribution in [0.4, 0.5) is 0 Å². The normalized spacial score (nSPS) is 14.8. The van der Waals surface area contributed by atoms with Gasteiger partial charge in [0.2, 0.25) is 0 Å². The van der Waals surface area contributed by atoms with E-state index in [2.05, 4.69) is 58.2 Å². The fourth-order valence-corrected chi connectivity index (χ4v) is 4.56. The molecule has 0 radical (unpaired) electrons. The number of fused-ring (bicyclic) bond motifs is 1. The maximum atomic E-state index is 13.2. The van der Waals surface area contributed by atoms with Crippen molar-refractivity contribution in [3.63, 3.8) is 0 Å². The second-order valence-corrected chi connectivity index (χ2v) is 8.65. The first-order valence-corrected chi connectivity index (χ1v) is 11.5. The van der Waals surface area contributed by atoms with Gasteiger partial charge in [0.05, 0.1) is 11.9 Å². The largest absolute Gasteiger partial charge is 0.335 e. The third-order valence-corrected chi connectivity index (χ3v) is 6.40. The van der Waals surface area contributed by atoms with Gasteiger partial charge in [-0.25, -0.2) is 9.50 Å². The lowest BCUT2D eigenvalue weighted by Crippen LogP contribution is -2.48. The number of carbonyl (C=O) groups excluding carboxylic acids is 1. The Morgan fingerprint density at radius 3 is 2.61 bits per heavy atom. The zero-order valence-electron chi connectivity index (χ0n) is 19.4. The van der Waals surface area contributed by atoms with E-state index in [0.29, 0.717) is 24.4 Å². The molecule has 5 rings (SSSR count). The van der Waals surface area contributed by atoms with E-state index >= 15 is 0 Å². The molecule has 0 atom stereocenters. The number of rotatable bonds is 5. The maximum Gasteiger partial charge on any atom is 0.274 e. The van der Waals surface area contributed by atoms with Gasteiger partial charge in [0.15, 0.2) is 11.3 Å². The van der Waals surface area contributed by atoms with Crippen LogP contribution in [-0.4, -0.2) is 66.3 Å². The predicted molar refractivity (Wildman–Crippen MR) is 127 cm³/mol. The van der Waals surface area contributed by atoms with Crippen molar-refractivity contribution in [2.45, 2.75) is 33.9 Å². The number of aromatic nitrogens is 5. The van der Waals surface area contributed by atoms with Crippen LogP contribution in [0.15, 0.2) is 48.8 Å². The van der Waals surface area contributed by atoms with Gasteiger partial charge in [-0.15, -0.1) is 0 Å². The molecule has 1 aliphatic rings. The van der Waals surface area contributed by atoms with E-state index in [1.807, 2.05) is 28.8 Å². The van der Waals surface area contributed by atoms with E-state index in [1.165, 1.54) is 11.1 Å². The van der Waals surface area contributed by atoms with Crippen LogP contribution in [0, 0.1) is 13.8 Å². The van der Waals surface area contributed by atoms with E-state index < -0.39 is 0 Å². The van der Waals surface area contributed by atoms with Crippen LogP contribution >= 0.6 is 0 Å². The number of carbonyl (C=O) groups is 1. The highest BCUT2D eigenvalue weighted by Crippen LogP contribution is 2.24. The van der Waals surface area contributed by atoms with Crippen molar-refractivity contribution >= 4 is 11.6 Å². The minimum Gasteiger partial charge on any atom is -0.335 e. The average Bonchev–Trinajstić information content (AvgIpc) is 3.42. The summed E-state index contributed by atoms with van der Waals surface area (Å²) in [5.74, 6) is -0.0392. The van der Waals surface area contributed by atoms with E-state index in [0.717, 1.165) is 43.1 Å². The summed E-state index contributed by atoms with van der Waals surface area (Å²) in [5, 5.41) is 9.10. The topological polar surface area (TPSA) is 71.6 Å². The molecule has 0 bridgehead atoms. The highest BCUT2D eigenvalue weighted by molar-refractivity contribution is 5.93. The number of hydrogen-bond donors (Lipinski definition) is 0. The molecule has 4 aromatic rings. The van der Waals surface area contributed by atoms with Crippen LogP contribution in [0.3, 0.4) is 0 Å². The Morgan fingerprint density at radius 1 is 1.06 bits per heavy atom. The van der Waals surface area contributed by atoms with Gasteiger partial charge in [0, 0.05) is 62.8 Å². The van der Waals surface area contributed by atoms with Crippen LogP contribution in [0.2, 0.25) is 0 Å². The molecular weight excluding hydrogens is 414 g/mol. The number of hydrogen-bond acceptors (Lipinski definition) is 5. The summed E-state index contributed by atoms with van der Waals surface area (Å²) in [5.41, 5.74) is 6.64. The Morgan fingerprint density at radius 2 is 1.88 bits per heavy atom. The van der Waals surface area contributed by atoms with Gasteiger partial charge >= 0.3 is 0 Å². The lowest BCUT2D eigenvalue weighted by Gasteiger charge is -2.34. The van der Waals surface area contributed by atoms with Crippen LogP contribution in [0.5, 0.6) is 0 Å². The van der Waals surface area contributed by atoms with Gasteiger partial charge in [0.25, 0.3) is 5.91 Å². The lowest BCUT2D eigenvalue weighted by molar-refractivity contribution is 0.0622. The van der Waals surface area contributed by atoms with Crippen molar-refractivity contribution in [1.82, 2.24) is 34.2 Å². The highest BCUT2D eigenvalue weighted by atomic mass is 16.2. The number of benzene rings is 1. The molecular formula is C25H29N7O. The molecule has 1 amide bonds. The first kappa shape index (κ1) is 21.3. The molecule has 3 aromatic heterocycles. The monoisotopic (exact) mass is 443 g/mol. The molecule has 1 fully saturated rings. The quantitative estimate of drug-likeness (QED) is 0.474. The van der Waals surface area contributed by atoms with Crippen molar-refractivity contribution in [2.75, 3.05) is 26.2 Å². The SMILES string of the molecule is CCn1ncc(-c2ccnc3cc(C(=O)N4CCN(Cc5cccc(C)c5)CC4)nn23)c1C. The highest BCUT2D eigenvalue weighted by Gasteiger charge is 2.25. The maximum absolute atomic E-state index is 13.2. The summed E-state index contributed by atoms with van der Waals surface area (Å²) >= 11 is 0. The van der Waals surface area contributed by atoms with Crippen molar-refractivity contribution in [3.8, 4) is 11.3 Å². The van der Waals surface area contributed by atoms with Crippen LogP contribution in [0.25, 0.3) is 16.9 Å². The average molecular weight is 444 g/mol. The zero-order chi connectivity index (χ0) is 22.9. The molecule has 0 unspecified atom stereocenters. The molecule has 0 aliphatic carbocycles. The molecule has 8 heteroatoms. The summed E-state index contributed by atoms with van der Waals surface area (Å²) < 4.78 is 3.71. The molecule has 170 valence electrons. The Bertz CT molecular complexity index is 1300. The number of aryl methyl sites for hydroxylation is 2. The summed E-state index contributed by atoms with van der Waals surface area (Å²) in [4.78, 5) is 22.0. The first-order valence-electron chi connectivity index (χ1n) is 11.5. The fraction of sp³-hybridized carbons (Fsp3) is 0.360. The smallest absolute Gasteiger partial charge is 0.274 e. The molecule has 1 saturated heterocycles. The number of nitrogens with zero attached hydrogens (tertiary/aromatic N) is 7. The van der Waals surface area contributed by atoms with Crippen molar-refractivity contribution in [3.05, 3.63) is 71.3 Å². The summed E-state index contributed by atoms with van der Waals surface area (Å²) in [6, 6.07) is 12.3. The Labute approximate surface area is 193 Å². The third kappa shape index (κ3) is 4.14. The van der Waals surface area contributed by atoms with Gasteiger partial charge in [-0.3, -0.25) is 14.4 Å². The minimum absolute atomic E-state index is 0.0392. The molecule has 0 spiro atoms. The van der Waals surface area contributed by atoms with Gasteiger partial charge in [0.1, 0.15) is 0 Å². The van der Waals surface area contributed by atoms with Crippen LogP contribution in [0.1, 0.15) is 34.2 Å². The zero-order valence-corrected chi connectivity index (χ0v) is 19.4. The van der Waals surface area contributed by atoms with Crippen LogP contribution < -0.4 is 0 Å². The second-order valence-electron chi connectivity index (χ2n) is 8.65. The van der Waals surface area contributed by atoms with Crippen molar-refractivity contribution in [1.29, 1.82) is 0 Å². The summed E-state index contributed by atoms with van der Waals surface area (Å²) in [6.45, 7) is 11.0.